The molecule has 36 heavy (non-hydrogen) atoms. The van der Waals surface area contributed by atoms with E-state index < -0.39 is 17.9 Å². The van der Waals surface area contributed by atoms with Crippen molar-refractivity contribution in [2.75, 3.05) is 26.2 Å². The SMILES string of the molecule is CCCCCCC/C=C/CCCCCCCCCCC[N+](CCC(=O)[O-])(CCC(=O)O)CCC(=O)O. The molecule has 0 aromatic heterocycles. The Labute approximate surface area is 219 Å². The third kappa shape index (κ3) is 22.6. The van der Waals surface area contributed by atoms with Gasteiger partial charge in [-0.05, 0) is 38.5 Å². The van der Waals surface area contributed by atoms with Gasteiger partial charge in [0.05, 0.1) is 39.0 Å². The molecule has 0 aliphatic rings. The topological polar surface area (TPSA) is 115 Å². The highest BCUT2D eigenvalue weighted by molar-refractivity contribution is 5.67. The molecule has 0 radical (unpaired) electrons. The zero-order valence-electron chi connectivity index (χ0n) is 22.9. The summed E-state index contributed by atoms with van der Waals surface area (Å²) in [6, 6.07) is 0. The van der Waals surface area contributed by atoms with Crippen LogP contribution >= 0.6 is 0 Å². The Kier molecular flexibility index (Phi) is 22.3. The largest absolute Gasteiger partial charge is 0.550 e. The highest BCUT2D eigenvalue weighted by atomic mass is 16.4. The molecular weight excluding hydrogens is 458 g/mol. The molecule has 0 spiro atoms. The van der Waals surface area contributed by atoms with E-state index in [0.29, 0.717) is 6.54 Å². The summed E-state index contributed by atoms with van der Waals surface area (Å²) in [4.78, 5) is 33.2. The van der Waals surface area contributed by atoms with Crippen molar-refractivity contribution in [3.8, 4) is 0 Å². The van der Waals surface area contributed by atoms with Crippen LogP contribution in [0.3, 0.4) is 0 Å². The maximum atomic E-state index is 11.1. The van der Waals surface area contributed by atoms with Gasteiger partial charge < -0.3 is 24.6 Å². The molecule has 2 N–H and O–H groups in total. The number of carbonyl (C=O) groups is 3. The Bertz CT molecular complexity index is 559. The number of carbonyl (C=O) groups excluding carboxylic acids is 1. The highest BCUT2D eigenvalue weighted by Gasteiger charge is 2.28. The number of quaternary nitrogens is 1. The number of allylic oxidation sites excluding steroid dienone is 2. The first-order chi connectivity index (χ1) is 17.3. The van der Waals surface area contributed by atoms with Crippen molar-refractivity contribution in [2.45, 2.75) is 129 Å². The van der Waals surface area contributed by atoms with Gasteiger partial charge in [-0.15, -0.1) is 0 Å². The fourth-order valence-electron chi connectivity index (χ4n) is 4.71. The third-order valence-corrected chi connectivity index (χ3v) is 7.03. The number of aliphatic carboxylic acids is 3. The Morgan fingerprint density at radius 3 is 1.39 bits per heavy atom. The van der Waals surface area contributed by atoms with Gasteiger partial charge in [-0.1, -0.05) is 83.3 Å². The van der Waals surface area contributed by atoms with Crippen molar-refractivity contribution >= 4 is 17.9 Å². The average Bonchev–Trinajstić information content (AvgIpc) is 2.83. The summed E-state index contributed by atoms with van der Waals surface area (Å²) in [6.45, 7) is 3.59. The molecule has 0 aromatic carbocycles. The van der Waals surface area contributed by atoms with Crippen LogP contribution in [-0.2, 0) is 14.4 Å². The van der Waals surface area contributed by atoms with Gasteiger partial charge in [0.2, 0.25) is 0 Å². The van der Waals surface area contributed by atoms with Gasteiger partial charge in [0, 0.05) is 12.4 Å². The van der Waals surface area contributed by atoms with Crippen LogP contribution < -0.4 is 5.11 Å². The minimum absolute atomic E-state index is 0.0957. The van der Waals surface area contributed by atoms with Gasteiger partial charge in [-0.25, -0.2) is 0 Å². The molecule has 0 unspecified atom stereocenters. The lowest BCUT2D eigenvalue weighted by Crippen LogP contribution is -2.53. The summed E-state index contributed by atoms with van der Waals surface area (Å²) in [6.07, 6.45) is 23.8. The molecule has 0 aromatic rings. The number of unbranched alkanes of at least 4 members (excludes halogenated alkanes) is 14. The van der Waals surface area contributed by atoms with Gasteiger partial charge in [0.25, 0.3) is 0 Å². The van der Waals surface area contributed by atoms with Crippen molar-refractivity contribution in [2.24, 2.45) is 0 Å². The van der Waals surface area contributed by atoms with Crippen molar-refractivity contribution in [3.63, 3.8) is 0 Å². The van der Waals surface area contributed by atoms with Gasteiger partial charge >= 0.3 is 11.9 Å². The second-order valence-corrected chi connectivity index (χ2v) is 10.3. The highest BCUT2D eigenvalue weighted by Crippen LogP contribution is 2.17. The van der Waals surface area contributed by atoms with E-state index in [2.05, 4.69) is 19.1 Å². The first kappa shape index (κ1) is 34.1. The van der Waals surface area contributed by atoms with Crippen molar-refractivity contribution < 1.29 is 34.2 Å². The second kappa shape index (κ2) is 23.5. The molecule has 0 fully saturated rings. The first-order valence-electron chi connectivity index (χ1n) is 14.4. The second-order valence-electron chi connectivity index (χ2n) is 10.3. The third-order valence-electron chi connectivity index (χ3n) is 7.03. The molecule has 0 heterocycles. The molecule has 0 saturated carbocycles. The normalized spacial score (nSPS) is 11.8. The Balaban J connectivity index is 4.00. The lowest BCUT2D eigenvalue weighted by atomic mass is 10.1. The predicted octanol–water partition coefficient (Wildman–Crippen LogP) is 5.71. The smallest absolute Gasteiger partial charge is 0.309 e. The van der Waals surface area contributed by atoms with Crippen molar-refractivity contribution in [1.82, 2.24) is 0 Å². The van der Waals surface area contributed by atoms with E-state index in [4.69, 9.17) is 10.2 Å². The summed E-state index contributed by atoms with van der Waals surface area (Å²) in [5, 5.41) is 29.2. The first-order valence-corrected chi connectivity index (χ1v) is 14.4. The minimum Gasteiger partial charge on any atom is -0.550 e. The number of hydrogen-bond donors (Lipinski definition) is 2. The molecule has 0 bridgehead atoms. The van der Waals surface area contributed by atoms with Gasteiger partial charge in [0.1, 0.15) is 0 Å². The molecule has 0 aliphatic heterocycles. The van der Waals surface area contributed by atoms with Crippen molar-refractivity contribution in [1.29, 1.82) is 0 Å². The number of carboxylic acid groups (broad SMARTS) is 3. The Morgan fingerprint density at radius 2 is 0.972 bits per heavy atom. The number of nitrogens with zero attached hydrogens (tertiary/aromatic N) is 1. The lowest BCUT2D eigenvalue weighted by molar-refractivity contribution is -0.927. The summed E-state index contributed by atoms with van der Waals surface area (Å²) in [5.41, 5.74) is 0. The van der Waals surface area contributed by atoms with E-state index in [0.717, 1.165) is 19.3 Å². The summed E-state index contributed by atoms with van der Waals surface area (Å²) >= 11 is 0. The minimum atomic E-state index is -1.18. The van der Waals surface area contributed by atoms with Gasteiger partial charge in [-0.3, -0.25) is 9.59 Å². The number of hydrogen-bond acceptors (Lipinski definition) is 4. The summed E-state index contributed by atoms with van der Waals surface area (Å²) in [5.74, 6) is -3.08. The van der Waals surface area contributed by atoms with E-state index in [-0.39, 0.29) is 43.4 Å². The fraction of sp³-hybridized carbons (Fsp3) is 0.828. The van der Waals surface area contributed by atoms with Crippen LogP contribution in [0.1, 0.15) is 129 Å². The standard InChI is InChI=1S/C29H53NO6/c1-2-3-4-5-6-7-8-9-10-11-12-13-14-15-16-17-18-19-23-30(24-20-27(31)32,25-21-28(33)34)26-22-29(35)36/h8-9H,2-7,10-26H2,1H3,(H2-,31,32,33,34,35,36)/b9-8+. The van der Waals surface area contributed by atoms with Crippen LogP contribution in [0.25, 0.3) is 0 Å². The maximum absolute atomic E-state index is 11.1. The summed E-state index contributed by atoms with van der Waals surface area (Å²) < 4.78 is 0.222. The monoisotopic (exact) mass is 511 g/mol. The fourth-order valence-corrected chi connectivity index (χ4v) is 4.71. The molecule has 0 amide bonds. The van der Waals surface area contributed by atoms with E-state index in [1.807, 2.05) is 0 Å². The van der Waals surface area contributed by atoms with Crippen LogP contribution in [-0.4, -0.2) is 58.8 Å². The zero-order valence-corrected chi connectivity index (χ0v) is 22.9. The van der Waals surface area contributed by atoms with E-state index in [9.17, 15) is 19.5 Å². The Hall–Kier alpha value is -1.89. The molecule has 7 heteroatoms. The van der Waals surface area contributed by atoms with E-state index in [1.54, 1.807) is 0 Å². The van der Waals surface area contributed by atoms with Crippen molar-refractivity contribution in [3.05, 3.63) is 12.2 Å². The molecule has 0 atom stereocenters. The number of carboxylic acids is 3. The van der Waals surface area contributed by atoms with E-state index in [1.165, 1.54) is 83.5 Å². The van der Waals surface area contributed by atoms with Crippen LogP contribution in [0, 0.1) is 0 Å². The lowest BCUT2D eigenvalue weighted by Gasteiger charge is -2.38. The van der Waals surface area contributed by atoms with Gasteiger partial charge in [-0.2, -0.15) is 0 Å². The van der Waals surface area contributed by atoms with E-state index >= 15 is 0 Å². The molecule has 0 saturated heterocycles. The maximum Gasteiger partial charge on any atom is 0.309 e. The van der Waals surface area contributed by atoms with Crippen LogP contribution in [0.15, 0.2) is 12.2 Å². The number of rotatable bonds is 27. The van der Waals surface area contributed by atoms with Crippen LogP contribution in [0.5, 0.6) is 0 Å². The van der Waals surface area contributed by atoms with Crippen LogP contribution in [0.2, 0.25) is 0 Å². The Morgan fingerprint density at radius 1 is 0.583 bits per heavy atom. The van der Waals surface area contributed by atoms with Gasteiger partial charge in [0.15, 0.2) is 0 Å². The zero-order chi connectivity index (χ0) is 26.9. The van der Waals surface area contributed by atoms with Crippen LogP contribution in [0.4, 0.5) is 0 Å². The quantitative estimate of drug-likeness (QED) is 0.0829. The molecular formula is C29H53NO6. The average molecular weight is 512 g/mol. The molecule has 210 valence electrons. The molecule has 0 aliphatic carbocycles. The summed E-state index contributed by atoms with van der Waals surface area (Å²) in [7, 11) is 0. The predicted molar refractivity (Wildman–Crippen MR) is 143 cm³/mol. The molecule has 0 rings (SSSR count). The molecule has 7 nitrogen and oxygen atoms in total.